The maximum Gasteiger partial charge on any atom is 0.336 e. The van der Waals surface area contributed by atoms with Gasteiger partial charge in [0.15, 0.2) is 0 Å². The molecule has 3 aromatic carbocycles. The number of benzene rings is 3. The molecule has 2 aliphatic heterocycles. The molecule has 14 heteroatoms. The number of phenolic OH excluding ortho intramolecular Hbond substituents is 2. The Balaban J connectivity index is 1.59. The molecule has 0 saturated carbocycles. The molecule has 5 rings (SSSR count). The van der Waals surface area contributed by atoms with E-state index in [1.54, 1.807) is 36.4 Å². The van der Waals surface area contributed by atoms with Crippen LogP contribution in [0.4, 0.5) is 34.1 Å². The number of rotatable bonds is 14. The van der Waals surface area contributed by atoms with Crippen molar-refractivity contribution >= 4 is 70.4 Å². The van der Waals surface area contributed by atoms with E-state index in [1.807, 2.05) is 39.8 Å². The lowest BCUT2D eigenvalue weighted by molar-refractivity contribution is -0.154. The van der Waals surface area contributed by atoms with Gasteiger partial charge in [0.2, 0.25) is 0 Å². The second-order valence-electron chi connectivity index (χ2n) is 11.6. The molecule has 2 heterocycles. The molecule has 4 N–H and O–H groups in total. The number of phenols is 2. The van der Waals surface area contributed by atoms with E-state index in [0.29, 0.717) is 11.1 Å². The van der Waals surface area contributed by atoms with E-state index in [0.717, 1.165) is 37.6 Å². The Morgan fingerprint density at radius 1 is 0.660 bits per heavy atom. The summed E-state index contributed by atoms with van der Waals surface area (Å²) in [7, 11) is 0. The quantitative estimate of drug-likeness (QED) is 0.104. The van der Waals surface area contributed by atoms with Crippen LogP contribution in [0.2, 0.25) is 0 Å². The van der Waals surface area contributed by atoms with Crippen molar-refractivity contribution in [3.05, 3.63) is 59.7 Å². The van der Waals surface area contributed by atoms with Gasteiger partial charge in [0, 0.05) is 73.2 Å². The molecule has 2 saturated heterocycles. The first-order chi connectivity index (χ1) is 24.0. The number of cyclic esters (lactones) is 4. The van der Waals surface area contributed by atoms with E-state index in [4.69, 9.17) is 9.47 Å². The summed E-state index contributed by atoms with van der Waals surface area (Å²) in [5, 5.41) is 27.7. The second-order valence-corrected chi connectivity index (χ2v) is 11.6. The third-order valence-corrected chi connectivity index (χ3v) is 8.48. The summed E-state index contributed by atoms with van der Waals surface area (Å²) in [6.45, 7) is 11.2. The number of hydrogen-bond acceptors (Lipinski definition) is 14. The molecule has 0 spiro atoms. The van der Waals surface area contributed by atoms with Crippen molar-refractivity contribution in [1.29, 1.82) is 0 Å². The van der Waals surface area contributed by atoms with Crippen molar-refractivity contribution in [2.45, 2.75) is 52.6 Å². The Labute approximate surface area is 289 Å². The van der Waals surface area contributed by atoms with Gasteiger partial charge in [0.25, 0.3) is 0 Å². The lowest BCUT2D eigenvalue weighted by Gasteiger charge is -2.21. The summed E-state index contributed by atoms with van der Waals surface area (Å²) in [5.41, 5.74) is 3.60. The minimum absolute atomic E-state index is 0.00896. The first-order valence-electron chi connectivity index (χ1n) is 16.5. The highest BCUT2D eigenvalue weighted by atomic mass is 16.6. The van der Waals surface area contributed by atoms with Crippen molar-refractivity contribution in [1.82, 2.24) is 0 Å². The van der Waals surface area contributed by atoms with Crippen LogP contribution in [0.15, 0.2) is 58.5 Å². The van der Waals surface area contributed by atoms with Gasteiger partial charge >= 0.3 is 23.9 Å². The summed E-state index contributed by atoms with van der Waals surface area (Å²) in [5.74, 6) is -2.91. The number of nitrogens with one attached hydrogen (secondary N) is 2. The molecule has 0 aliphatic carbocycles. The fourth-order valence-corrected chi connectivity index (χ4v) is 5.70. The van der Waals surface area contributed by atoms with E-state index >= 15 is 0 Å². The number of aliphatic imine (C=N–C) groups is 2. The third-order valence-electron chi connectivity index (χ3n) is 8.48. The van der Waals surface area contributed by atoms with Crippen LogP contribution >= 0.6 is 0 Å². The van der Waals surface area contributed by atoms with Crippen molar-refractivity contribution in [2.24, 2.45) is 9.98 Å². The first kappa shape index (κ1) is 35.4. The second kappa shape index (κ2) is 15.5. The maximum absolute atomic E-state index is 12.4. The van der Waals surface area contributed by atoms with E-state index in [9.17, 15) is 29.4 Å². The van der Waals surface area contributed by atoms with Gasteiger partial charge in [-0.25, -0.2) is 9.59 Å². The van der Waals surface area contributed by atoms with Gasteiger partial charge < -0.3 is 40.1 Å². The number of aromatic hydroxyl groups is 2. The van der Waals surface area contributed by atoms with Crippen molar-refractivity contribution < 1.29 is 38.9 Å². The highest BCUT2D eigenvalue weighted by molar-refractivity contribution is 6.01. The van der Waals surface area contributed by atoms with Gasteiger partial charge in [0.05, 0.1) is 35.6 Å². The molecule has 2 aliphatic rings. The molecule has 50 heavy (non-hydrogen) atoms. The van der Waals surface area contributed by atoms with Gasteiger partial charge in [-0.05, 0) is 64.1 Å². The summed E-state index contributed by atoms with van der Waals surface area (Å²) in [6.07, 6.45) is 2.47. The molecule has 2 fully saturated rings. The van der Waals surface area contributed by atoms with Crippen LogP contribution in [0.25, 0.3) is 0 Å². The molecule has 2 unspecified atom stereocenters. The predicted molar refractivity (Wildman–Crippen MR) is 191 cm³/mol. The highest BCUT2D eigenvalue weighted by Crippen LogP contribution is 2.39. The van der Waals surface area contributed by atoms with Crippen LogP contribution in [0.3, 0.4) is 0 Å². The maximum atomic E-state index is 12.4. The van der Waals surface area contributed by atoms with E-state index in [2.05, 4.69) is 30.4 Å². The van der Waals surface area contributed by atoms with Gasteiger partial charge in [-0.3, -0.25) is 19.6 Å². The number of nitrogens with zero attached hydrogens (tertiary/aromatic N) is 4. The summed E-state index contributed by atoms with van der Waals surface area (Å²) >= 11 is 0. The smallest absolute Gasteiger partial charge is 0.336 e. The Morgan fingerprint density at radius 3 is 1.34 bits per heavy atom. The Hall–Kier alpha value is -5.92. The Bertz CT molecular complexity index is 1720. The van der Waals surface area contributed by atoms with Crippen molar-refractivity contribution in [3.63, 3.8) is 0 Å². The van der Waals surface area contributed by atoms with Crippen LogP contribution in [-0.4, -0.2) is 84.8 Å². The summed E-state index contributed by atoms with van der Waals surface area (Å²) in [6, 6.07) is 11.6. The standard InChI is InChI=1S/C36H40N6O8/c1-5-41(6-2)23-11-9-21(31(43)13-23)19-37-25-15-27(39-29-17-33(45)49-35(29)47)28(40-30-18-34(46)50-36(30)48)16-26(25)38-20-22-10-12-24(14-32(22)44)42(7-3)8-4/h9-16,19-20,29-30,39-40,43-44H,5-8,17-18H2,1-4H3. The van der Waals surface area contributed by atoms with Crippen LogP contribution in [0, 0.1) is 0 Å². The number of carbonyl (C=O) groups is 4. The predicted octanol–water partition coefficient (Wildman–Crippen LogP) is 4.80. The zero-order valence-electron chi connectivity index (χ0n) is 28.3. The number of carbonyl (C=O) groups excluding carboxylic acids is 4. The van der Waals surface area contributed by atoms with E-state index in [-0.39, 0.29) is 47.1 Å². The number of anilines is 4. The fourth-order valence-electron chi connectivity index (χ4n) is 5.70. The van der Waals surface area contributed by atoms with Crippen LogP contribution in [0.5, 0.6) is 11.5 Å². The number of ether oxygens (including phenoxy) is 2. The van der Waals surface area contributed by atoms with Gasteiger partial charge in [-0.15, -0.1) is 0 Å². The lowest BCUT2D eigenvalue weighted by atomic mass is 10.1. The van der Waals surface area contributed by atoms with Crippen LogP contribution in [0.1, 0.15) is 51.7 Å². The molecule has 14 nitrogen and oxygen atoms in total. The first-order valence-corrected chi connectivity index (χ1v) is 16.5. The van der Waals surface area contributed by atoms with Crippen molar-refractivity contribution in [2.75, 3.05) is 46.6 Å². The van der Waals surface area contributed by atoms with E-state index in [1.165, 1.54) is 12.4 Å². The van der Waals surface area contributed by atoms with Gasteiger partial charge in [0.1, 0.15) is 23.6 Å². The molecule has 2 atom stereocenters. The van der Waals surface area contributed by atoms with Crippen molar-refractivity contribution in [3.8, 4) is 11.5 Å². The Morgan fingerprint density at radius 2 is 1.04 bits per heavy atom. The largest absolute Gasteiger partial charge is 0.507 e. The zero-order valence-corrected chi connectivity index (χ0v) is 28.3. The topological polar surface area (TPSA) is 182 Å². The molecule has 0 aromatic heterocycles. The summed E-state index contributed by atoms with van der Waals surface area (Å²) < 4.78 is 9.42. The average Bonchev–Trinajstić information content (AvgIpc) is 3.58. The number of esters is 4. The minimum Gasteiger partial charge on any atom is -0.507 e. The molecule has 0 amide bonds. The number of hydrogen-bond donors (Lipinski definition) is 4. The molecule has 0 bridgehead atoms. The molecular formula is C36H40N6O8. The average molecular weight is 685 g/mol. The van der Waals surface area contributed by atoms with Gasteiger partial charge in [-0.2, -0.15) is 0 Å². The SMILES string of the molecule is CCN(CC)c1ccc(C=Nc2cc(NC3CC(=O)OC3=O)c(NC3CC(=O)OC3=O)cc2N=Cc2ccc(N(CC)CC)cc2O)c(O)c1. The normalized spacial score (nSPS) is 17.4. The minimum atomic E-state index is -1.02. The summed E-state index contributed by atoms with van der Waals surface area (Å²) in [4.78, 5) is 62.0. The monoisotopic (exact) mass is 684 g/mol. The zero-order chi connectivity index (χ0) is 35.9. The molecule has 3 aromatic rings. The van der Waals surface area contributed by atoms with E-state index < -0.39 is 36.0 Å². The molecular weight excluding hydrogens is 644 g/mol. The van der Waals surface area contributed by atoms with Crippen LogP contribution in [-0.2, 0) is 28.7 Å². The Kier molecular flexibility index (Phi) is 11.0. The third kappa shape index (κ3) is 8.02. The molecule has 0 radical (unpaired) electrons. The van der Waals surface area contributed by atoms with Crippen LogP contribution < -0.4 is 20.4 Å². The molecule has 262 valence electrons. The fraction of sp³-hybridized carbons (Fsp3) is 0.333. The lowest BCUT2D eigenvalue weighted by Crippen LogP contribution is -2.28. The van der Waals surface area contributed by atoms with Gasteiger partial charge in [-0.1, -0.05) is 0 Å². The highest BCUT2D eigenvalue weighted by Gasteiger charge is 2.36.